The van der Waals surface area contributed by atoms with E-state index < -0.39 is 0 Å². The van der Waals surface area contributed by atoms with E-state index in [0.29, 0.717) is 18.3 Å². The summed E-state index contributed by atoms with van der Waals surface area (Å²) in [5.74, 6) is 1.73. The lowest BCUT2D eigenvalue weighted by Crippen LogP contribution is -2.22. The number of hydrogen-bond acceptors (Lipinski definition) is 1. The Bertz CT molecular complexity index is 351. The van der Waals surface area contributed by atoms with Gasteiger partial charge in [-0.3, -0.25) is 4.79 Å². The third-order valence-electron chi connectivity index (χ3n) is 4.56. The highest BCUT2D eigenvalue weighted by atomic mass is 16.1. The molecule has 18 heavy (non-hydrogen) atoms. The van der Waals surface area contributed by atoms with Gasteiger partial charge in [-0.2, -0.15) is 0 Å². The van der Waals surface area contributed by atoms with Crippen molar-refractivity contribution < 1.29 is 4.79 Å². The van der Waals surface area contributed by atoms with Gasteiger partial charge in [-0.1, -0.05) is 69.4 Å². The van der Waals surface area contributed by atoms with E-state index in [-0.39, 0.29) is 0 Å². The minimum atomic E-state index is 0.354. The molecule has 1 saturated carbocycles. The first-order valence-corrected chi connectivity index (χ1v) is 7.23. The van der Waals surface area contributed by atoms with Crippen molar-refractivity contribution in [2.24, 2.45) is 11.8 Å². The molecular formula is C17H23O. The van der Waals surface area contributed by atoms with E-state index in [1.807, 2.05) is 6.07 Å². The summed E-state index contributed by atoms with van der Waals surface area (Å²) >= 11 is 0. The molecule has 1 aliphatic rings. The Morgan fingerprint density at radius 3 is 2.44 bits per heavy atom. The molecule has 1 heteroatoms. The number of rotatable bonds is 5. The molecule has 0 N–H and O–H groups in total. The lowest BCUT2D eigenvalue weighted by Gasteiger charge is -2.33. The molecule has 1 aromatic rings. The first kappa shape index (κ1) is 13.3. The third kappa shape index (κ3) is 3.22. The third-order valence-corrected chi connectivity index (χ3v) is 4.56. The van der Waals surface area contributed by atoms with Gasteiger partial charge in [0.15, 0.2) is 6.29 Å². The van der Waals surface area contributed by atoms with Crippen molar-refractivity contribution in [1.29, 1.82) is 0 Å². The highest BCUT2D eigenvalue weighted by Gasteiger charge is 2.27. The average Bonchev–Trinajstić information content (AvgIpc) is 2.46. The van der Waals surface area contributed by atoms with Crippen LogP contribution in [0.4, 0.5) is 0 Å². The second-order valence-corrected chi connectivity index (χ2v) is 5.62. The highest BCUT2D eigenvalue weighted by Crippen LogP contribution is 2.39. The van der Waals surface area contributed by atoms with Gasteiger partial charge in [0.2, 0.25) is 0 Å². The summed E-state index contributed by atoms with van der Waals surface area (Å²) in [5.41, 5.74) is 1.30. The smallest absolute Gasteiger partial charge is 0.199 e. The molecule has 1 radical (unpaired) electrons. The van der Waals surface area contributed by atoms with Gasteiger partial charge < -0.3 is 0 Å². The number of benzene rings is 1. The van der Waals surface area contributed by atoms with Crippen LogP contribution in [0.5, 0.6) is 0 Å². The van der Waals surface area contributed by atoms with Crippen molar-refractivity contribution in [3.05, 3.63) is 35.9 Å². The fourth-order valence-corrected chi connectivity index (χ4v) is 3.39. The van der Waals surface area contributed by atoms with Crippen LogP contribution in [0.1, 0.15) is 56.9 Å². The zero-order valence-electron chi connectivity index (χ0n) is 11.3. The minimum Gasteiger partial charge on any atom is -0.291 e. The van der Waals surface area contributed by atoms with Gasteiger partial charge in [-0.15, -0.1) is 0 Å². The second kappa shape index (κ2) is 6.72. The lowest BCUT2D eigenvalue weighted by molar-refractivity contribution is 0.232. The van der Waals surface area contributed by atoms with Crippen LogP contribution < -0.4 is 0 Å². The standard InChI is InChI=1S/C17H23O/c1-14(15-8-4-2-5-9-15)17(12-13-18)16-10-6-3-7-11-16/h3,6-7,10-11,14-15,17H,2,4-5,8-9,12H2,1H3. The molecule has 0 heterocycles. The molecule has 1 nitrogen and oxygen atoms in total. The zero-order chi connectivity index (χ0) is 12.8. The van der Waals surface area contributed by atoms with Crippen LogP contribution in [-0.2, 0) is 4.79 Å². The number of hydrogen-bond donors (Lipinski definition) is 0. The summed E-state index contributed by atoms with van der Waals surface area (Å²) in [6, 6.07) is 10.5. The van der Waals surface area contributed by atoms with Gasteiger partial charge in [0.05, 0.1) is 0 Å². The fourth-order valence-electron chi connectivity index (χ4n) is 3.39. The molecule has 2 atom stereocenters. The summed E-state index contributed by atoms with van der Waals surface area (Å²) in [6.45, 7) is 2.32. The van der Waals surface area contributed by atoms with Crippen molar-refractivity contribution in [2.75, 3.05) is 0 Å². The van der Waals surface area contributed by atoms with Gasteiger partial charge >= 0.3 is 0 Å². The lowest BCUT2D eigenvalue weighted by atomic mass is 9.72. The highest BCUT2D eigenvalue weighted by molar-refractivity contribution is 5.52. The van der Waals surface area contributed by atoms with Gasteiger partial charge in [0.25, 0.3) is 0 Å². The van der Waals surface area contributed by atoms with Gasteiger partial charge in [0.1, 0.15) is 0 Å². The molecule has 0 saturated heterocycles. The van der Waals surface area contributed by atoms with Gasteiger partial charge in [0, 0.05) is 6.42 Å². The summed E-state index contributed by atoms with van der Waals surface area (Å²) < 4.78 is 0. The summed E-state index contributed by atoms with van der Waals surface area (Å²) in [6.07, 6.45) is 9.47. The maximum atomic E-state index is 10.9. The normalized spacial score (nSPS) is 20.3. The van der Waals surface area contributed by atoms with E-state index in [2.05, 4.69) is 37.5 Å². The Balaban J connectivity index is 2.11. The van der Waals surface area contributed by atoms with Crippen LogP contribution in [0.25, 0.3) is 0 Å². The summed E-state index contributed by atoms with van der Waals surface area (Å²) in [4.78, 5) is 10.9. The van der Waals surface area contributed by atoms with E-state index in [1.165, 1.54) is 37.7 Å². The zero-order valence-corrected chi connectivity index (χ0v) is 11.3. The molecule has 1 fully saturated rings. The number of carbonyl (C=O) groups excluding carboxylic acids is 1. The maximum Gasteiger partial charge on any atom is 0.199 e. The quantitative estimate of drug-likeness (QED) is 0.745. The van der Waals surface area contributed by atoms with Crippen LogP contribution in [0.15, 0.2) is 30.3 Å². The van der Waals surface area contributed by atoms with Gasteiger partial charge in [-0.25, -0.2) is 0 Å². The van der Waals surface area contributed by atoms with Crippen molar-refractivity contribution in [3.8, 4) is 0 Å². The van der Waals surface area contributed by atoms with E-state index in [9.17, 15) is 4.79 Å². The van der Waals surface area contributed by atoms with Crippen molar-refractivity contribution in [1.82, 2.24) is 0 Å². The van der Waals surface area contributed by atoms with Crippen LogP contribution in [-0.4, -0.2) is 6.29 Å². The second-order valence-electron chi connectivity index (χ2n) is 5.62. The average molecular weight is 243 g/mol. The Morgan fingerprint density at radius 2 is 1.83 bits per heavy atom. The molecule has 0 amide bonds. The molecule has 2 rings (SSSR count). The first-order chi connectivity index (χ1) is 8.83. The molecular weight excluding hydrogens is 220 g/mol. The molecule has 1 aliphatic carbocycles. The summed E-state index contributed by atoms with van der Waals surface area (Å²) in [5, 5.41) is 0. The van der Waals surface area contributed by atoms with Crippen molar-refractivity contribution in [2.45, 2.75) is 51.4 Å². The van der Waals surface area contributed by atoms with E-state index in [4.69, 9.17) is 0 Å². The van der Waals surface area contributed by atoms with Crippen LogP contribution in [0.2, 0.25) is 0 Å². The Labute approximate surface area is 111 Å². The Morgan fingerprint density at radius 1 is 1.17 bits per heavy atom. The summed E-state index contributed by atoms with van der Waals surface area (Å²) in [7, 11) is 0. The van der Waals surface area contributed by atoms with Crippen LogP contribution in [0.3, 0.4) is 0 Å². The molecule has 0 bridgehead atoms. The monoisotopic (exact) mass is 243 g/mol. The first-order valence-electron chi connectivity index (χ1n) is 7.23. The van der Waals surface area contributed by atoms with Crippen molar-refractivity contribution >= 4 is 6.29 Å². The van der Waals surface area contributed by atoms with Crippen LogP contribution >= 0.6 is 0 Å². The molecule has 1 aromatic carbocycles. The fraction of sp³-hybridized carbons (Fsp3) is 0.588. The Kier molecular flexibility index (Phi) is 4.98. The molecule has 97 valence electrons. The molecule has 0 spiro atoms. The van der Waals surface area contributed by atoms with Crippen LogP contribution in [0, 0.1) is 11.8 Å². The largest absolute Gasteiger partial charge is 0.291 e. The van der Waals surface area contributed by atoms with E-state index >= 15 is 0 Å². The van der Waals surface area contributed by atoms with Crippen molar-refractivity contribution in [3.63, 3.8) is 0 Å². The topological polar surface area (TPSA) is 17.1 Å². The SMILES string of the molecule is CC(C1CCCCC1)C(C[C]=O)c1ccccc1. The Hall–Kier alpha value is -1.11. The predicted molar refractivity (Wildman–Crippen MR) is 75.2 cm³/mol. The van der Waals surface area contributed by atoms with E-state index in [0.717, 1.165) is 5.92 Å². The molecule has 0 aliphatic heterocycles. The minimum absolute atomic E-state index is 0.354. The maximum absolute atomic E-state index is 10.9. The predicted octanol–water partition coefficient (Wildman–Crippen LogP) is 4.49. The molecule has 0 aromatic heterocycles. The van der Waals surface area contributed by atoms with E-state index in [1.54, 1.807) is 0 Å². The van der Waals surface area contributed by atoms with Gasteiger partial charge in [-0.05, 0) is 23.3 Å². The molecule has 2 unspecified atom stereocenters.